The Labute approximate surface area is 133 Å². The molecule has 1 N–H and O–H groups in total. The number of halogens is 2. The Kier molecular flexibility index (Phi) is 3.78. The highest BCUT2D eigenvalue weighted by atomic mass is 79.9. The monoisotopic (exact) mass is 347 g/mol. The van der Waals surface area contributed by atoms with Gasteiger partial charge >= 0.3 is 0 Å². The molecule has 3 rings (SSSR count). The van der Waals surface area contributed by atoms with Crippen LogP contribution in [0.2, 0.25) is 0 Å². The van der Waals surface area contributed by atoms with Gasteiger partial charge in [0.05, 0.1) is 11.7 Å². The van der Waals surface area contributed by atoms with Gasteiger partial charge in [0.25, 0.3) is 0 Å². The Hall–Kier alpha value is -1.35. The maximum absolute atomic E-state index is 14.3. The highest BCUT2D eigenvalue weighted by Gasteiger charge is 2.31. The van der Waals surface area contributed by atoms with Gasteiger partial charge in [-0.15, -0.1) is 0 Å². The normalized spacial score (nSPS) is 20.3. The van der Waals surface area contributed by atoms with E-state index < -0.39 is 0 Å². The average molecular weight is 348 g/mol. The van der Waals surface area contributed by atoms with Crippen molar-refractivity contribution in [2.45, 2.75) is 38.1 Å². The molecule has 1 aliphatic heterocycles. The molecule has 0 radical (unpaired) electrons. The number of rotatable bonds is 1. The first-order valence-corrected chi connectivity index (χ1v) is 8.08. The summed E-state index contributed by atoms with van der Waals surface area (Å²) in [7, 11) is 0. The van der Waals surface area contributed by atoms with Crippen molar-refractivity contribution in [3.8, 4) is 0 Å². The van der Waals surface area contributed by atoms with Crippen LogP contribution in [0.15, 0.2) is 46.9 Å². The van der Waals surface area contributed by atoms with Gasteiger partial charge in [-0.25, -0.2) is 4.39 Å². The molecule has 1 heterocycles. The van der Waals surface area contributed by atoms with Crippen LogP contribution in [0.5, 0.6) is 0 Å². The topological polar surface area (TPSA) is 12.0 Å². The Bertz CT molecular complexity index is 649. The van der Waals surface area contributed by atoms with Crippen molar-refractivity contribution in [2.75, 3.05) is 5.32 Å². The molecular weight excluding hydrogens is 329 g/mol. The Balaban J connectivity index is 2.02. The maximum atomic E-state index is 14.3. The summed E-state index contributed by atoms with van der Waals surface area (Å²) >= 11 is 3.46. The molecule has 0 bridgehead atoms. The van der Waals surface area contributed by atoms with Crippen LogP contribution in [-0.2, 0) is 5.41 Å². The molecule has 3 heteroatoms. The molecule has 0 saturated heterocycles. The average Bonchev–Trinajstić information content (AvgIpc) is 2.58. The van der Waals surface area contributed by atoms with E-state index in [0.29, 0.717) is 5.69 Å². The fraction of sp³-hybridized carbons (Fsp3) is 0.333. The number of hydrogen-bond donors (Lipinski definition) is 1. The molecular formula is C18H19BrFN. The minimum atomic E-state index is -0.162. The molecule has 0 aromatic heterocycles. The lowest BCUT2D eigenvalue weighted by atomic mass is 9.80. The standard InChI is InChI=1S/C18H19BrFN/c1-18(2)11-10-16(12-6-8-13(19)9-7-12)21-17-14(18)4-3-5-15(17)20/h3-9,16,21H,10-11H2,1-2H3. The van der Waals surface area contributed by atoms with E-state index in [1.807, 2.05) is 18.2 Å². The zero-order chi connectivity index (χ0) is 15.0. The van der Waals surface area contributed by atoms with E-state index in [1.54, 1.807) is 6.07 Å². The molecule has 21 heavy (non-hydrogen) atoms. The van der Waals surface area contributed by atoms with Crippen molar-refractivity contribution < 1.29 is 4.39 Å². The Morgan fingerprint density at radius 2 is 1.86 bits per heavy atom. The second kappa shape index (κ2) is 5.45. The Morgan fingerprint density at radius 1 is 1.14 bits per heavy atom. The second-order valence-corrected chi connectivity index (χ2v) is 7.25. The number of anilines is 1. The molecule has 0 fully saturated rings. The van der Waals surface area contributed by atoms with Gasteiger partial charge < -0.3 is 5.32 Å². The number of fused-ring (bicyclic) bond motifs is 1. The summed E-state index contributed by atoms with van der Waals surface area (Å²) in [6, 6.07) is 13.8. The van der Waals surface area contributed by atoms with Gasteiger partial charge in [0.15, 0.2) is 0 Å². The highest BCUT2D eigenvalue weighted by molar-refractivity contribution is 9.10. The lowest BCUT2D eigenvalue weighted by molar-refractivity contribution is 0.456. The Morgan fingerprint density at radius 3 is 2.57 bits per heavy atom. The summed E-state index contributed by atoms with van der Waals surface area (Å²) in [5.41, 5.74) is 2.91. The molecule has 1 nitrogen and oxygen atoms in total. The van der Waals surface area contributed by atoms with Gasteiger partial charge in [-0.2, -0.15) is 0 Å². The third-order valence-electron chi connectivity index (χ3n) is 4.39. The number of para-hydroxylation sites is 1. The highest BCUT2D eigenvalue weighted by Crippen LogP contribution is 2.42. The third kappa shape index (κ3) is 2.84. The van der Waals surface area contributed by atoms with Gasteiger partial charge in [-0.05, 0) is 47.6 Å². The summed E-state index contributed by atoms with van der Waals surface area (Å²) < 4.78 is 15.3. The van der Waals surface area contributed by atoms with Crippen LogP contribution < -0.4 is 5.32 Å². The molecule has 1 unspecified atom stereocenters. The quantitative estimate of drug-likeness (QED) is 0.685. The van der Waals surface area contributed by atoms with Crippen LogP contribution in [-0.4, -0.2) is 0 Å². The number of benzene rings is 2. The largest absolute Gasteiger partial charge is 0.376 e. The van der Waals surface area contributed by atoms with E-state index in [1.165, 1.54) is 11.6 Å². The molecule has 0 amide bonds. The van der Waals surface area contributed by atoms with Crippen molar-refractivity contribution in [1.82, 2.24) is 0 Å². The number of hydrogen-bond acceptors (Lipinski definition) is 1. The summed E-state index contributed by atoms with van der Waals surface area (Å²) in [5, 5.41) is 3.43. The minimum Gasteiger partial charge on any atom is -0.376 e. The fourth-order valence-electron chi connectivity index (χ4n) is 3.07. The van der Waals surface area contributed by atoms with Crippen molar-refractivity contribution in [2.24, 2.45) is 0 Å². The van der Waals surface area contributed by atoms with Gasteiger partial charge in [0.1, 0.15) is 5.82 Å². The first-order chi connectivity index (χ1) is 9.97. The molecule has 1 atom stereocenters. The molecule has 0 spiro atoms. The van der Waals surface area contributed by atoms with Crippen molar-refractivity contribution in [3.05, 3.63) is 63.9 Å². The summed E-state index contributed by atoms with van der Waals surface area (Å²) in [6.07, 6.45) is 2.01. The second-order valence-electron chi connectivity index (χ2n) is 6.33. The SMILES string of the molecule is CC1(C)CCC(c2ccc(Br)cc2)Nc2c(F)cccc21. The van der Waals surface area contributed by atoms with Crippen LogP contribution in [0.4, 0.5) is 10.1 Å². The van der Waals surface area contributed by atoms with Crippen LogP contribution in [0, 0.1) is 5.82 Å². The van der Waals surface area contributed by atoms with Crippen LogP contribution in [0.3, 0.4) is 0 Å². The lowest BCUT2D eigenvalue weighted by Crippen LogP contribution is -2.16. The van der Waals surface area contributed by atoms with E-state index in [-0.39, 0.29) is 17.3 Å². The molecule has 2 aromatic rings. The van der Waals surface area contributed by atoms with Crippen molar-refractivity contribution in [1.29, 1.82) is 0 Å². The van der Waals surface area contributed by atoms with Crippen molar-refractivity contribution >= 4 is 21.6 Å². The van der Waals surface area contributed by atoms with Crippen LogP contribution in [0.1, 0.15) is 43.9 Å². The van der Waals surface area contributed by atoms with Gasteiger partial charge in [0.2, 0.25) is 0 Å². The molecule has 0 saturated carbocycles. The fourth-order valence-corrected chi connectivity index (χ4v) is 3.33. The zero-order valence-corrected chi connectivity index (χ0v) is 13.9. The third-order valence-corrected chi connectivity index (χ3v) is 4.92. The smallest absolute Gasteiger partial charge is 0.146 e. The van der Waals surface area contributed by atoms with Gasteiger partial charge in [-0.1, -0.05) is 54.0 Å². The molecule has 1 aliphatic rings. The molecule has 0 aliphatic carbocycles. The molecule has 110 valence electrons. The van der Waals surface area contributed by atoms with E-state index in [9.17, 15) is 4.39 Å². The van der Waals surface area contributed by atoms with Gasteiger partial charge in [0, 0.05) is 4.47 Å². The first-order valence-electron chi connectivity index (χ1n) is 7.28. The van der Waals surface area contributed by atoms with Crippen LogP contribution in [0.25, 0.3) is 0 Å². The number of nitrogens with one attached hydrogen (secondary N) is 1. The minimum absolute atomic E-state index is 0.0193. The summed E-state index contributed by atoms with van der Waals surface area (Å²) in [4.78, 5) is 0. The predicted octanol–water partition coefficient (Wildman–Crippen LogP) is 5.81. The lowest BCUT2D eigenvalue weighted by Gasteiger charge is -2.24. The van der Waals surface area contributed by atoms with E-state index >= 15 is 0 Å². The van der Waals surface area contributed by atoms with E-state index in [0.717, 1.165) is 22.9 Å². The van der Waals surface area contributed by atoms with Gasteiger partial charge in [-0.3, -0.25) is 0 Å². The van der Waals surface area contributed by atoms with Crippen molar-refractivity contribution in [3.63, 3.8) is 0 Å². The molecule has 2 aromatic carbocycles. The summed E-state index contributed by atoms with van der Waals surface area (Å²) in [5.74, 6) is -0.162. The summed E-state index contributed by atoms with van der Waals surface area (Å²) in [6.45, 7) is 4.38. The maximum Gasteiger partial charge on any atom is 0.146 e. The zero-order valence-electron chi connectivity index (χ0n) is 12.3. The van der Waals surface area contributed by atoms with E-state index in [4.69, 9.17) is 0 Å². The first kappa shape index (κ1) is 14.6. The van der Waals surface area contributed by atoms with Crippen LogP contribution >= 0.6 is 15.9 Å². The van der Waals surface area contributed by atoms with E-state index in [2.05, 4.69) is 47.2 Å². The predicted molar refractivity (Wildman–Crippen MR) is 89.2 cm³/mol.